The Morgan fingerprint density at radius 2 is 2.16 bits per heavy atom. The van der Waals surface area contributed by atoms with Gasteiger partial charge in [0.25, 0.3) is 0 Å². The van der Waals surface area contributed by atoms with E-state index in [1.165, 1.54) is 17.0 Å². The van der Waals surface area contributed by atoms with Gasteiger partial charge < -0.3 is 15.1 Å². The molecule has 2 heterocycles. The van der Waals surface area contributed by atoms with E-state index in [1.807, 2.05) is 0 Å². The molecule has 1 atom stereocenters. The number of aromatic hydroxyl groups is 1. The van der Waals surface area contributed by atoms with Crippen molar-refractivity contribution in [2.45, 2.75) is 26.2 Å². The summed E-state index contributed by atoms with van der Waals surface area (Å²) < 4.78 is 14.1. The Morgan fingerprint density at radius 3 is 2.80 bits per heavy atom. The van der Waals surface area contributed by atoms with Crippen molar-refractivity contribution in [3.05, 3.63) is 41.3 Å². The molecular formula is C18H20FN3O3. The maximum absolute atomic E-state index is 14.1. The first-order chi connectivity index (χ1) is 11.9. The van der Waals surface area contributed by atoms with Gasteiger partial charge in [-0.25, -0.2) is 9.18 Å². The van der Waals surface area contributed by atoms with Crippen LogP contribution in [0.5, 0.6) is 5.75 Å². The molecule has 1 amide bonds. The van der Waals surface area contributed by atoms with E-state index in [4.69, 9.17) is 5.11 Å². The van der Waals surface area contributed by atoms with E-state index in [-0.39, 0.29) is 22.9 Å². The molecule has 1 unspecified atom stereocenters. The summed E-state index contributed by atoms with van der Waals surface area (Å²) in [6, 6.07) is 6.21. The van der Waals surface area contributed by atoms with Crippen LogP contribution in [0.3, 0.4) is 0 Å². The lowest BCUT2D eigenvalue weighted by Crippen LogP contribution is -2.39. The van der Waals surface area contributed by atoms with Crippen molar-refractivity contribution in [3.63, 3.8) is 0 Å². The number of hydrogen-bond donors (Lipinski definition) is 2. The average molecular weight is 345 g/mol. The molecule has 2 N–H and O–H groups in total. The molecule has 1 aliphatic rings. The van der Waals surface area contributed by atoms with E-state index in [0.29, 0.717) is 25.1 Å². The number of carboxylic acid groups (broad SMARTS) is 1. The SMILES string of the molecule is Cc1cc(O)c(-c2ccc(CC3CCCN(C(=O)O)C3)nn2)c(F)c1. The zero-order valence-electron chi connectivity index (χ0n) is 13.9. The molecule has 0 saturated carbocycles. The smallest absolute Gasteiger partial charge is 0.407 e. The summed E-state index contributed by atoms with van der Waals surface area (Å²) in [4.78, 5) is 12.5. The first-order valence-corrected chi connectivity index (χ1v) is 8.24. The minimum Gasteiger partial charge on any atom is -0.507 e. The molecule has 0 spiro atoms. The predicted octanol–water partition coefficient (Wildman–Crippen LogP) is 3.23. The molecule has 1 saturated heterocycles. The van der Waals surface area contributed by atoms with Crippen molar-refractivity contribution in [1.29, 1.82) is 0 Å². The number of likely N-dealkylation sites (tertiary alicyclic amines) is 1. The molecule has 25 heavy (non-hydrogen) atoms. The van der Waals surface area contributed by atoms with Crippen LogP contribution >= 0.6 is 0 Å². The summed E-state index contributed by atoms with van der Waals surface area (Å²) >= 11 is 0. The van der Waals surface area contributed by atoms with Crippen molar-refractivity contribution in [3.8, 4) is 17.0 Å². The van der Waals surface area contributed by atoms with E-state index < -0.39 is 11.9 Å². The fourth-order valence-electron chi connectivity index (χ4n) is 3.28. The van der Waals surface area contributed by atoms with Crippen LogP contribution in [0.1, 0.15) is 24.1 Å². The number of piperidine rings is 1. The highest BCUT2D eigenvalue weighted by Crippen LogP contribution is 2.31. The average Bonchev–Trinajstić information content (AvgIpc) is 2.56. The largest absolute Gasteiger partial charge is 0.507 e. The van der Waals surface area contributed by atoms with Crippen LogP contribution in [0, 0.1) is 18.7 Å². The Morgan fingerprint density at radius 1 is 1.36 bits per heavy atom. The van der Waals surface area contributed by atoms with Crippen molar-refractivity contribution in [2.75, 3.05) is 13.1 Å². The Hall–Kier alpha value is -2.70. The highest BCUT2D eigenvalue weighted by Gasteiger charge is 2.24. The number of hydrogen-bond acceptors (Lipinski definition) is 4. The highest BCUT2D eigenvalue weighted by atomic mass is 19.1. The van der Waals surface area contributed by atoms with Crippen LogP contribution in [0.4, 0.5) is 9.18 Å². The second-order valence-electron chi connectivity index (χ2n) is 6.49. The third kappa shape index (κ3) is 3.87. The van der Waals surface area contributed by atoms with Crippen LogP contribution in [-0.2, 0) is 6.42 Å². The number of amides is 1. The maximum atomic E-state index is 14.1. The first-order valence-electron chi connectivity index (χ1n) is 8.24. The van der Waals surface area contributed by atoms with Crippen LogP contribution in [0.2, 0.25) is 0 Å². The van der Waals surface area contributed by atoms with Gasteiger partial charge in [0, 0.05) is 13.1 Å². The van der Waals surface area contributed by atoms with E-state index in [0.717, 1.165) is 18.5 Å². The second-order valence-corrected chi connectivity index (χ2v) is 6.49. The van der Waals surface area contributed by atoms with Gasteiger partial charge in [0.05, 0.1) is 17.0 Å². The number of nitrogens with zero attached hydrogens (tertiary/aromatic N) is 3. The Balaban J connectivity index is 1.74. The summed E-state index contributed by atoms with van der Waals surface area (Å²) in [5.41, 5.74) is 1.67. The van der Waals surface area contributed by atoms with E-state index in [2.05, 4.69) is 10.2 Å². The van der Waals surface area contributed by atoms with Crippen molar-refractivity contribution in [1.82, 2.24) is 15.1 Å². The van der Waals surface area contributed by atoms with E-state index in [9.17, 15) is 14.3 Å². The fourth-order valence-corrected chi connectivity index (χ4v) is 3.28. The topological polar surface area (TPSA) is 86.5 Å². The number of phenols is 1. The molecule has 7 heteroatoms. The highest BCUT2D eigenvalue weighted by molar-refractivity contribution is 5.67. The second kappa shape index (κ2) is 7.04. The third-order valence-electron chi connectivity index (χ3n) is 4.48. The van der Waals surface area contributed by atoms with Gasteiger partial charge >= 0.3 is 6.09 Å². The summed E-state index contributed by atoms with van der Waals surface area (Å²) in [6.45, 7) is 2.76. The first kappa shape index (κ1) is 17.1. The standard InChI is InChI=1S/C18H20FN3O3/c1-11-7-14(19)17(16(23)8-11)15-5-4-13(20-21-15)9-12-3-2-6-22(10-12)18(24)25/h4-5,7-8,12,23H,2-3,6,9-10H2,1H3,(H,24,25). The van der Waals surface area contributed by atoms with Crippen LogP contribution in [0.25, 0.3) is 11.3 Å². The van der Waals surface area contributed by atoms with Crippen LogP contribution in [0.15, 0.2) is 24.3 Å². The normalized spacial score (nSPS) is 17.5. The summed E-state index contributed by atoms with van der Waals surface area (Å²) in [5.74, 6) is -0.498. The number of aryl methyl sites for hydroxylation is 1. The lowest BCUT2D eigenvalue weighted by Gasteiger charge is -2.30. The molecule has 1 aliphatic heterocycles. The quantitative estimate of drug-likeness (QED) is 0.892. The number of carbonyl (C=O) groups is 1. The van der Waals surface area contributed by atoms with Gasteiger partial charge in [-0.05, 0) is 61.9 Å². The molecule has 0 aliphatic carbocycles. The molecule has 0 radical (unpaired) electrons. The fraction of sp³-hybridized carbons (Fsp3) is 0.389. The van der Waals surface area contributed by atoms with Gasteiger partial charge in [0.2, 0.25) is 0 Å². The zero-order valence-corrected chi connectivity index (χ0v) is 13.9. The number of aromatic nitrogens is 2. The molecule has 132 valence electrons. The number of phenolic OH excluding ortho intramolecular Hbond substituents is 1. The van der Waals surface area contributed by atoms with Gasteiger partial charge in [-0.15, -0.1) is 0 Å². The Bertz CT molecular complexity index is 757. The maximum Gasteiger partial charge on any atom is 0.407 e. The number of halogens is 1. The van der Waals surface area contributed by atoms with E-state index in [1.54, 1.807) is 19.1 Å². The van der Waals surface area contributed by atoms with Crippen molar-refractivity contribution < 1.29 is 19.4 Å². The minimum atomic E-state index is -0.892. The van der Waals surface area contributed by atoms with Crippen LogP contribution < -0.4 is 0 Å². The molecule has 6 nitrogen and oxygen atoms in total. The summed E-state index contributed by atoms with van der Waals surface area (Å²) in [7, 11) is 0. The van der Waals surface area contributed by atoms with Crippen LogP contribution in [-0.4, -0.2) is 44.5 Å². The Kier molecular flexibility index (Phi) is 4.83. The summed E-state index contributed by atoms with van der Waals surface area (Å²) in [6.07, 6.45) is 1.52. The molecule has 3 rings (SSSR count). The molecule has 0 bridgehead atoms. The number of benzene rings is 1. The van der Waals surface area contributed by atoms with Gasteiger partial charge in [-0.1, -0.05) is 0 Å². The minimum absolute atomic E-state index is 0.0411. The lowest BCUT2D eigenvalue weighted by molar-refractivity contribution is 0.120. The lowest BCUT2D eigenvalue weighted by atomic mass is 9.93. The molecule has 1 fully saturated rings. The summed E-state index contributed by atoms with van der Waals surface area (Å²) in [5, 5.41) is 27.2. The molecule has 2 aromatic rings. The molecule has 1 aromatic heterocycles. The zero-order chi connectivity index (χ0) is 18.0. The Labute approximate surface area is 144 Å². The molecular weight excluding hydrogens is 325 g/mol. The third-order valence-corrected chi connectivity index (χ3v) is 4.48. The van der Waals surface area contributed by atoms with Crippen molar-refractivity contribution >= 4 is 6.09 Å². The van der Waals surface area contributed by atoms with Crippen molar-refractivity contribution in [2.24, 2.45) is 5.92 Å². The van der Waals surface area contributed by atoms with Gasteiger partial charge in [0.15, 0.2) is 0 Å². The van der Waals surface area contributed by atoms with Gasteiger partial charge in [-0.2, -0.15) is 10.2 Å². The van der Waals surface area contributed by atoms with Gasteiger partial charge in [-0.3, -0.25) is 0 Å². The molecule has 1 aromatic carbocycles. The van der Waals surface area contributed by atoms with E-state index >= 15 is 0 Å². The predicted molar refractivity (Wildman–Crippen MR) is 89.9 cm³/mol. The monoisotopic (exact) mass is 345 g/mol. The van der Waals surface area contributed by atoms with Gasteiger partial charge in [0.1, 0.15) is 11.6 Å². The number of rotatable bonds is 3.